The van der Waals surface area contributed by atoms with Crippen molar-refractivity contribution in [2.75, 3.05) is 0 Å². The second-order valence-electron chi connectivity index (χ2n) is 8.01. The van der Waals surface area contributed by atoms with E-state index in [0.29, 0.717) is 0 Å². The molecule has 3 heteroatoms. The normalized spacial score (nSPS) is 11.9. The van der Waals surface area contributed by atoms with Crippen LogP contribution in [-0.4, -0.2) is 3.21 Å². The molecule has 0 nitrogen and oxygen atoms in total. The van der Waals surface area contributed by atoms with E-state index in [1.54, 1.807) is 27.4 Å². The summed E-state index contributed by atoms with van der Waals surface area (Å²) in [6.45, 7) is 4.43. The van der Waals surface area contributed by atoms with E-state index in [9.17, 15) is 0 Å². The number of halogens is 2. The largest absolute Gasteiger partial charge is 1.00 e. The Hall–Kier alpha value is -1.79. The van der Waals surface area contributed by atoms with Gasteiger partial charge in [0.2, 0.25) is 0 Å². The molecule has 2 aliphatic carbocycles. The van der Waals surface area contributed by atoms with Crippen LogP contribution in [0.3, 0.4) is 0 Å². The minimum atomic E-state index is 0. The van der Waals surface area contributed by atoms with Gasteiger partial charge in [0, 0.05) is 0 Å². The van der Waals surface area contributed by atoms with E-state index >= 15 is 0 Å². The molecule has 0 fully saturated rings. The maximum atomic E-state index is 3.48. The molecule has 0 aliphatic heterocycles. The van der Waals surface area contributed by atoms with Crippen LogP contribution in [-0.2, 0) is 30.7 Å². The van der Waals surface area contributed by atoms with Gasteiger partial charge in [-0.15, -0.1) is 47.0 Å². The van der Waals surface area contributed by atoms with Gasteiger partial charge < -0.3 is 24.8 Å². The maximum absolute atomic E-state index is 3.48. The second-order valence-corrected chi connectivity index (χ2v) is 9.74. The van der Waals surface area contributed by atoms with Crippen molar-refractivity contribution < 1.29 is 49.0 Å². The molecule has 34 heavy (non-hydrogen) atoms. The molecular formula is C31H28Cl2Zr-2. The quantitative estimate of drug-likeness (QED) is 0.229. The summed E-state index contributed by atoms with van der Waals surface area (Å²) in [5.74, 6) is 0. The summed E-state index contributed by atoms with van der Waals surface area (Å²) in [6, 6.07) is 27.3. The van der Waals surface area contributed by atoms with Gasteiger partial charge in [-0.3, -0.25) is 6.08 Å². The van der Waals surface area contributed by atoms with E-state index in [0.717, 1.165) is 12.8 Å². The van der Waals surface area contributed by atoms with Crippen LogP contribution in [0.4, 0.5) is 0 Å². The van der Waals surface area contributed by atoms with E-state index in [1.807, 2.05) is 18.2 Å². The number of hydrogen-bond donors (Lipinski definition) is 0. The molecule has 4 aromatic carbocycles. The first kappa shape index (κ1) is 28.5. The van der Waals surface area contributed by atoms with Crippen molar-refractivity contribution in [3.05, 3.63) is 108 Å². The van der Waals surface area contributed by atoms with Crippen LogP contribution in [0.1, 0.15) is 44.2 Å². The summed E-state index contributed by atoms with van der Waals surface area (Å²) in [5, 5.41) is 5.30. The van der Waals surface area contributed by atoms with Crippen LogP contribution < -0.4 is 24.8 Å². The summed E-state index contributed by atoms with van der Waals surface area (Å²) in [4.78, 5) is 0. The molecule has 0 amide bonds. The summed E-state index contributed by atoms with van der Waals surface area (Å²) in [6.07, 6.45) is 13.6. The molecule has 0 bridgehead atoms. The van der Waals surface area contributed by atoms with Gasteiger partial charge in [0.15, 0.2) is 0 Å². The van der Waals surface area contributed by atoms with Gasteiger partial charge in [0.25, 0.3) is 0 Å². The SMILES string of the molecule is CC[C](=[Zr+2])CC.[C-]1=CC=CC1.[Cl-].[Cl-].[c-]1cccc2c1c1c(c3ccccc32)-c2ccccc2C1. The van der Waals surface area contributed by atoms with Crippen LogP contribution in [0.25, 0.3) is 32.7 Å². The van der Waals surface area contributed by atoms with Gasteiger partial charge in [0.05, 0.1) is 0 Å². The van der Waals surface area contributed by atoms with Crippen molar-refractivity contribution in [1.82, 2.24) is 0 Å². The third kappa shape index (κ3) is 6.25. The molecule has 0 N–H and O–H groups in total. The number of allylic oxidation sites excluding steroid dienone is 4. The zero-order valence-corrected chi connectivity index (χ0v) is 23.6. The molecule has 0 spiro atoms. The number of fused-ring (bicyclic) bond motifs is 8. The van der Waals surface area contributed by atoms with Crippen LogP contribution >= 0.6 is 0 Å². The molecular weight excluding hydrogens is 534 g/mol. The topological polar surface area (TPSA) is 0 Å². The van der Waals surface area contributed by atoms with Crippen molar-refractivity contribution in [3.8, 4) is 11.1 Å². The van der Waals surface area contributed by atoms with E-state index in [2.05, 4.69) is 92.7 Å². The first-order chi connectivity index (χ1) is 15.7. The van der Waals surface area contributed by atoms with Gasteiger partial charge in [0.1, 0.15) is 0 Å². The third-order valence-corrected chi connectivity index (χ3v) is 7.78. The Labute approximate surface area is 231 Å². The molecule has 0 saturated carbocycles. The average molecular weight is 563 g/mol. The van der Waals surface area contributed by atoms with E-state index in [1.165, 1.54) is 56.6 Å². The monoisotopic (exact) mass is 560 g/mol. The molecule has 0 atom stereocenters. The molecule has 2 aliphatic rings. The van der Waals surface area contributed by atoms with E-state index in [-0.39, 0.29) is 24.8 Å². The van der Waals surface area contributed by atoms with Gasteiger partial charge in [-0.1, -0.05) is 53.9 Å². The predicted molar refractivity (Wildman–Crippen MR) is 136 cm³/mol. The summed E-state index contributed by atoms with van der Waals surface area (Å²) >= 11 is 1.62. The van der Waals surface area contributed by atoms with Crippen molar-refractivity contribution in [3.63, 3.8) is 0 Å². The Bertz CT molecular complexity index is 1300. The van der Waals surface area contributed by atoms with Crippen LogP contribution in [0.15, 0.2) is 85.0 Å². The summed E-state index contributed by atoms with van der Waals surface area (Å²) in [7, 11) is 0. The fourth-order valence-electron chi connectivity index (χ4n) is 4.32. The van der Waals surface area contributed by atoms with Crippen LogP contribution in [0.5, 0.6) is 0 Å². The molecule has 0 radical (unpaired) electrons. The molecule has 172 valence electrons. The first-order valence-corrected chi connectivity index (χ1v) is 12.7. The van der Waals surface area contributed by atoms with Gasteiger partial charge in [-0.25, -0.2) is 12.2 Å². The Morgan fingerprint density at radius 2 is 1.53 bits per heavy atom. The molecule has 4 aromatic rings. The minimum absolute atomic E-state index is 0. The van der Waals surface area contributed by atoms with Crippen LogP contribution in [0, 0.1) is 12.1 Å². The number of benzene rings is 4. The van der Waals surface area contributed by atoms with E-state index in [4.69, 9.17) is 0 Å². The molecule has 0 saturated heterocycles. The smallest absolute Gasteiger partial charge is 0.0240 e. The van der Waals surface area contributed by atoms with Crippen LogP contribution in [0.2, 0.25) is 0 Å². The average Bonchev–Trinajstić information content (AvgIpc) is 3.56. The standard InChI is InChI=1S/C21H13.C5H5.C5H10.2ClH.Zr/c1-2-8-15-14(7-1)13-20-18-11-4-3-9-16(18)17-10-5-6-12-19(17)21(15)20;1-2-4-5-3-1;1-3-5-4-2;;;/h1-10,12H,13H2;1-3H,4H2;3-4H2,1-2H3;2*1H;/q2*-1;;;;+2/p-2. The van der Waals surface area contributed by atoms with Crippen molar-refractivity contribution in [2.45, 2.75) is 39.5 Å². The second kappa shape index (κ2) is 13.9. The van der Waals surface area contributed by atoms with Gasteiger partial charge >= 0.3 is 54.1 Å². The van der Waals surface area contributed by atoms with Gasteiger partial charge in [-0.05, 0) is 28.5 Å². The first-order valence-electron chi connectivity index (χ1n) is 11.4. The Kier molecular flexibility index (Phi) is 11.7. The maximum Gasteiger partial charge on any atom is -0.0240 e. The van der Waals surface area contributed by atoms with Crippen molar-refractivity contribution in [2.24, 2.45) is 0 Å². The zero-order valence-electron chi connectivity index (χ0n) is 19.7. The van der Waals surface area contributed by atoms with E-state index < -0.39 is 0 Å². The Morgan fingerprint density at radius 1 is 0.853 bits per heavy atom. The predicted octanol–water partition coefficient (Wildman–Crippen LogP) is 2.20. The Morgan fingerprint density at radius 3 is 2.15 bits per heavy atom. The Balaban J connectivity index is 0.000000265. The van der Waals surface area contributed by atoms with Crippen molar-refractivity contribution >= 4 is 24.8 Å². The fourth-order valence-corrected chi connectivity index (χ4v) is 4.32. The zero-order chi connectivity index (χ0) is 22.3. The summed E-state index contributed by atoms with van der Waals surface area (Å²) < 4.78 is 1.68. The van der Waals surface area contributed by atoms with Gasteiger partial charge in [-0.2, -0.15) is 6.08 Å². The minimum Gasteiger partial charge on any atom is -1.00 e. The molecule has 0 aromatic heterocycles. The molecule has 0 unspecified atom stereocenters. The number of hydrogen-bond acceptors (Lipinski definition) is 0. The molecule has 0 heterocycles. The number of rotatable bonds is 2. The third-order valence-electron chi connectivity index (χ3n) is 6.04. The van der Waals surface area contributed by atoms with Crippen molar-refractivity contribution in [1.29, 1.82) is 0 Å². The fraction of sp³-hybridized carbons (Fsp3) is 0.194. The summed E-state index contributed by atoms with van der Waals surface area (Å²) in [5.41, 5.74) is 5.67. The molecule has 6 rings (SSSR count).